The lowest BCUT2D eigenvalue weighted by atomic mass is 9.84. The molecule has 129 heavy (non-hydrogen) atoms. The number of ether oxygens (including phenoxy) is 8. The second kappa shape index (κ2) is 40.4. The highest BCUT2D eigenvalue weighted by Gasteiger charge is 2.52. The van der Waals surface area contributed by atoms with Crippen molar-refractivity contribution in [2.75, 3.05) is 34.4 Å². The van der Waals surface area contributed by atoms with E-state index in [-0.39, 0.29) is 99.2 Å². The first-order valence-corrected chi connectivity index (χ1v) is 42.3. The number of likely N-dealkylation sites (N-methyl/N-ethyl adjacent to an activating group) is 1. The lowest BCUT2D eigenvalue weighted by Gasteiger charge is -2.48. The Bertz CT molecular complexity index is 5520. The van der Waals surface area contributed by atoms with Crippen LogP contribution < -0.4 is 77.3 Å². The van der Waals surface area contributed by atoms with Crippen LogP contribution in [-0.2, 0) is 65.5 Å². The average Bonchev–Trinajstić information content (AvgIpc) is 0.769. The minimum absolute atomic E-state index is 0.00845. The molecule has 0 radical (unpaired) electrons. The van der Waals surface area contributed by atoms with Crippen molar-refractivity contribution < 1.29 is 127 Å². The van der Waals surface area contributed by atoms with Crippen molar-refractivity contribution in [2.45, 2.75) is 176 Å². The Hall–Kier alpha value is -11.9. The lowest BCUT2D eigenvalue weighted by Crippen LogP contribution is -2.65. The molecular weight excluding hydrogens is 1740 g/mol. The van der Waals surface area contributed by atoms with Gasteiger partial charge in [-0.1, -0.05) is 103 Å². The molecule has 8 aromatic carbocycles. The van der Waals surface area contributed by atoms with Crippen LogP contribution in [0.25, 0.3) is 22.3 Å². The lowest BCUT2D eigenvalue weighted by molar-refractivity contribution is -0.334. The molecule has 11 bridgehead atoms. The summed E-state index contributed by atoms with van der Waals surface area (Å²) in [5, 5.41) is 141. The molecule has 0 saturated carbocycles. The van der Waals surface area contributed by atoms with Gasteiger partial charge in [0.15, 0.2) is 35.4 Å². The number of benzene rings is 8. The fraction of sp³-hybridized carbons (Fsp3) is 0.378. The minimum Gasteiger partial charge on any atom is -0.508 e. The van der Waals surface area contributed by atoms with Gasteiger partial charge in [0.2, 0.25) is 65.0 Å². The summed E-state index contributed by atoms with van der Waals surface area (Å²) in [4.78, 5) is 119. The van der Waals surface area contributed by atoms with Gasteiger partial charge in [-0.15, -0.1) is 0 Å². The van der Waals surface area contributed by atoms with E-state index in [1.54, 1.807) is 38.1 Å². The van der Waals surface area contributed by atoms with Crippen LogP contribution in [0.15, 0.2) is 140 Å². The number of aliphatic hydroxyl groups excluding tert-OH is 6. The third kappa shape index (κ3) is 21.2. The van der Waals surface area contributed by atoms with Crippen molar-refractivity contribution in [3.8, 4) is 85.5 Å². The van der Waals surface area contributed by atoms with E-state index in [1.165, 1.54) is 51.6 Å². The van der Waals surface area contributed by atoms with Gasteiger partial charge in [-0.3, -0.25) is 38.4 Å². The van der Waals surface area contributed by atoms with Gasteiger partial charge in [-0.2, -0.15) is 0 Å². The molecule has 36 nitrogen and oxygen atoms in total. The number of nitrogens with one attached hydrogen (secondary N) is 9. The molecule has 18 atom stereocenters. The molecule has 2 saturated heterocycles. The van der Waals surface area contributed by atoms with E-state index >= 15 is 24.0 Å². The molecule has 7 aliphatic heterocycles. The van der Waals surface area contributed by atoms with Crippen LogP contribution in [0.4, 0.5) is 0 Å². The maximum absolute atomic E-state index is 15.8. The third-order valence-electron chi connectivity index (χ3n) is 23.1. The summed E-state index contributed by atoms with van der Waals surface area (Å²) in [7, 11) is 4.14. The Balaban J connectivity index is 0.793. The van der Waals surface area contributed by atoms with Crippen molar-refractivity contribution in [3.05, 3.63) is 194 Å². The number of methoxy groups -OCH3 is 2. The summed E-state index contributed by atoms with van der Waals surface area (Å²) in [6.07, 6.45) is -15.8. The van der Waals surface area contributed by atoms with E-state index in [0.29, 0.717) is 17.1 Å². The van der Waals surface area contributed by atoms with Crippen LogP contribution in [0.1, 0.15) is 123 Å². The van der Waals surface area contributed by atoms with E-state index in [9.17, 15) is 65.4 Å². The molecule has 21 N–H and O–H groups in total. The molecule has 7 heterocycles. The largest absolute Gasteiger partial charge is 0.508 e. The van der Waals surface area contributed by atoms with Crippen molar-refractivity contribution in [3.63, 3.8) is 0 Å². The monoisotopic (exact) mass is 1840 g/mol. The Morgan fingerprint density at radius 1 is 0.643 bits per heavy atom. The van der Waals surface area contributed by atoms with E-state index in [4.69, 9.17) is 78.4 Å². The number of hydrogen-bond acceptors (Lipinski definition) is 28. The predicted octanol–water partition coefficient (Wildman–Crippen LogP) is 5.64. The molecule has 8 amide bonds. The Morgan fingerprint density at radius 2 is 1.25 bits per heavy atom. The van der Waals surface area contributed by atoms with Crippen LogP contribution in [0.2, 0.25) is 15.1 Å². The number of hydrogen-bond donors (Lipinski definition) is 20. The number of halogens is 3. The van der Waals surface area contributed by atoms with Crippen LogP contribution in [0.5, 0.6) is 63.2 Å². The van der Waals surface area contributed by atoms with Crippen LogP contribution in [-0.4, -0.2) is 212 Å². The summed E-state index contributed by atoms with van der Waals surface area (Å²) >= 11 is 20.0. The number of phenolic OH excluding ortho intramolecular Hbond substituents is 4. The number of fused-ring (bicyclic) bond motifs is 15. The third-order valence-corrected chi connectivity index (χ3v) is 23.9. The molecule has 1 unspecified atom stereocenters. The first-order valence-electron chi connectivity index (χ1n) is 41.2. The number of nitrogens with two attached hydrogens (primary N) is 1. The number of aryl methyl sites for hydroxylation is 1. The zero-order chi connectivity index (χ0) is 92.9. The van der Waals surface area contributed by atoms with E-state index in [0.717, 1.165) is 65.2 Å². The highest BCUT2D eigenvalue weighted by atomic mass is 35.5. The number of aliphatic hydroxyl groups is 6. The number of carbonyl (C=O) groups excluding carboxylic acids is 8. The summed E-state index contributed by atoms with van der Waals surface area (Å²) in [5.74, 6) is -14.5. The molecule has 7 aliphatic rings. The number of amides is 8. The van der Waals surface area contributed by atoms with Crippen LogP contribution >= 0.6 is 34.8 Å². The SMILES string of the molecule is CN[C@H](CC(C)C)C(=O)N[C@H]1C(=O)N[C@@H](CC(N)=O)C(=O)N[C@H]2C(=O)N[C@H]3C(=O)N[C@H](C(=O)N[C@H](C(=O)NCCCc4cc(OC)c(OC5O[C@H](CO)[C@@H](O)[C@H](O)[C@H]5O[C@@H]5C[C@@](C)(NCc6ccc(-c7ccc(Cl)cc7)cc6)[C@@H](O)[C@@H](C)O5)c(OC)c4)c4cc(O)cc(O)c4-c4cc3ccc4O)[C@H](O)c3ccc(c(Cl)c3)Oc3cc2cc(c3O)Oc2ccc(cc2Cl)[C@H]1O. The highest BCUT2D eigenvalue weighted by molar-refractivity contribution is 6.32. The van der Waals surface area contributed by atoms with E-state index in [2.05, 4.69) is 47.9 Å². The molecule has 39 heteroatoms. The summed E-state index contributed by atoms with van der Waals surface area (Å²) in [6, 6.07) is 19.1. The average molecular weight is 1840 g/mol. The molecule has 686 valence electrons. The van der Waals surface area contributed by atoms with Gasteiger partial charge < -0.3 is 143 Å². The summed E-state index contributed by atoms with van der Waals surface area (Å²) in [5.41, 5.74) is 5.74. The zero-order valence-corrected chi connectivity index (χ0v) is 72.8. The van der Waals surface area contributed by atoms with Crippen LogP contribution in [0, 0.1) is 5.92 Å². The highest BCUT2D eigenvalue weighted by Crippen LogP contribution is 2.50. The van der Waals surface area contributed by atoms with Crippen LogP contribution in [0.3, 0.4) is 0 Å². The summed E-state index contributed by atoms with van der Waals surface area (Å²) < 4.78 is 49.4. The molecule has 0 spiro atoms. The van der Waals surface area contributed by atoms with Gasteiger partial charge in [0.1, 0.15) is 95.5 Å². The number of primary amides is 1. The van der Waals surface area contributed by atoms with Crippen molar-refractivity contribution in [1.29, 1.82) is 0 Å². The van der Waals surface area contributed by atoms with Gasteiger partial charge in [0, 0.05) is 47.3 Å². The van der Waals surface area contributed by atoms with Gasteiger partial charge in [0.25, 0.3) is 0 Å². The quantitative estimate of drug-likeness (QED) is 0.0344. The second-order valence-electron chi connectivity index (χ2n) is 32.6. The smallest absolute Gasteiger partial charge is 0.248 e. The van der Waals surface area contributed by atoms with Gasteiger partial charge in [0.05, 0.1) is 55.5 Å². The first-order chi connectivity index (χ1) is 61.4. The standard InChI is InChI=1S/C90H99Cl3N10O26/c1-39(2)25-55(95-5)82(115)102-72-74(109)46-17-22-59(53(92)29-46)125-61-31-48-32-62(76(61)111)126-60-23-18-47(30-54(60)93)75(110)73-88(121)101-71(52-33-50(105)34-58(107)68(52)51-28-45(16-21-57(51)106)69(85(118)103-73)100-86(119)70(48)99-83(116)56(35-66(94)108)98-87(72)120)84(117)96-24-8-9-42-26-63(122-6)79(64(27-42)123-7)129-89-80(78(113)77(112)65(38-104)127-89)128-67-36-90(4,81(114)40(3)124-67)97-37-41-10-12-43(13-11-41)44-14-19-49(91)20-15-44/h10-23,26-34,39-40,55-56,65,67,69-75,77-78,80-81,89,95,97,104-107,109-114H,8-9,24-25,35-38H2,1-7H3,(H2,94,108)(H,96,117)(H,98,120)(H,99,116)(H,100,119)(H,101,121)(H,102,115)(H,103,118)/t40-,55-,56+,65-,67-,69-,70-,71+,72-,73+,74-,75-,77-,78+,80-,81+,89?,90-/m1/s1. The van der Waals surface area contributed by atoms with E-state index in [1.807, 2.05) is 50.2 Å². The number of aromatic hydroxyl groups is 4. The zero-order valence-electron chi connectivity index (χ0n) is 70.5. The Morgan fingerprint density at radius 3 is 1.85 bits per heavy atom. The van der Waals surface area contributed by atoms with Crippen molar-refractivity contribution >= 4 is 82.1 Å². The molecule has 15 rings (SSSR count). The molecular formula is C90H99Cl3N10O26. The van der Waals surface area contributed by atoms with Crippen molar-refractivity contribution in [1.82, 2.24) is 47.9 Å². The number of carbonyl (C=O) groups is 8. The Kier molecular flexibility index (Phi) is 29.7. The maximum Gasteiger partial charge on any atom is 0.248 e. The maximum atomic E-state index is 15.8. The minimum atomic E-state index is -2.25. The predicted molar refractivity (Wildman–Crippen MR) is 464 cm³/mol. The first kappa shape index (κ1) is 94.8. The molecule has 2 fully saturated rings. The fourth-order valence-electron chi connectivity index (χ4n) is 16.1. The van der Waals surface area contributed by atoms with Gasteiger partial charge >= 0.3 is 0 Å². The normalized spacial score (nSPS) is 25.5. The molecule has 0 aromatic heterocycles. The second-order valence-corrected chi connectivity index (χ2v) is 33.8. The molecule has 8 aromatic rings. The van der Waals surface area contributed by atoms with Crippen molar-refractivity contribution in [2.24, 2.45) is 11.7 Å². The Labute approximate surface area is 753 Å². The summed E-state index contributed by atoms with van der Waals surface area (Å²) in [6.45, 7) is 6.44. The fourth-order valence-corrected chi connectivity index (χ4v) is 16.7. The molecule has 0 aliphatic carbocycles. The van der Waals surface area contributed by atoms with Gasteiger partial charge in [-0.25, -0.2) is 0 Å². The number of phenols is 4. The van der Waals surface area contributed by atoms with E-state index < -0.39 is 221 Å². The topological polar surface area (TPSA) is 547 Å². The van der Waals surface area contributed by atoms with Gasteiger partial charge in [-0.05, 0) is 175 Å². The number of rotatable bonds is 23.